The highest BCUT2D eigenvalue weighted by molar-refractivity contribution is 5.99. The molecule has 0 radical (unpaired) electrons. The maximum absolute atomic E-state index is 12.2. The molecule has 0 aromatic heterocycles. The molecule has 0 aliphatic carbocycles. The second-order valence-corrected chi connectivity index (χ2v) is 6.82. The van der Waals surface area contributed by atoms with Gasteiger partial charge in [-0.05, 0) is 24.6 Å². The van der Waals surface area contributed by atoms with Crippen LogP contribution < -0.4 is 5.43 Å². The fourth-order valence-electron chi connectivity index (χ4n) is 3.13. The highest BCUT2D eigenvalue weighted by Crippen LogP contribution is 2.11. The number of hydrogen-bond donors (Lipinski definition) is 2. The molecule has 0 atom stereocenters. The number of phenols is 1. The third-order valence-corrected chi connectivity index (χ3v) is 4.69. The molecule has 1 amide bonds. The number of benzene rings is 2. The van der Waals surface area contributed by atoms with Crippen molar-refractivity contribution in [2.45, 2.75) is 13.5 Å². The molecule has 2 N–H and O–H groups in total. The predicted molar refractivity (Wildman–Crippen MR) is 107 cm³/mol. The van der Waals surface area contributed by atoms with Gasteiger partial charge in [0.25, 0.3) is 5.91 Å². The monoisotopic (exact) mass is 366 g/mol. The van der Waals surface area contributed by atoms with Crippen LogP contribution in [0.3, 0.4) is 0 Å². The number of aromatic hydroxyl groups is 1. The van der Waals surface area contributed by atoms with Crippen LogP contribution in [0.2, 0.25) is 0 Å². The molecule has 0 spiro atoms. The first-order valence-electron chi connectivity index (χ1n) is 9.21. The zero-order valence-corrected chi connectivity index (χ0v) is 15.6. The molecule has 142 valence electrons. The van der Waals surface area contributed by atoms with Crippen molar-refractivity contribution in [3.63, 3.8) is 0 Å². The van der Waals surface area contributed by atoms with E-state index in [2.05, 4.69) is 44.6 Å². The van der Waals surface area contributed by atoms with Crippen LogP contribution in [0.5, 0.6) is 5.75 Å². The summed E-state index contributed by atoms with van der Waals surface area (Å²) in [5.41, 5.74) is 5.37. The number of carbonyl (C=O) groups is 1. The van der Waals surface area contributed by atoms with Gasteiger partial charge >= 0.3 is 0 Å². The van der Waals surface area contributed by atoms with Crippen molar-refractivity contribution in [3.05, 3.63) is 65.7 Å². The molecule has 1 fully saturated rings. The zero-order chi connectivity index (χ0) is 19.1. The third-order valence-electron chi connectivity index (χ3n) is 4.69. The van der Waals surface area contributed by atoms with Crippen molar-refractivity contribution in [2.75, 3.05) is 32.7 Å². The molecule has 6 heteroatoms. The van der Waals surface area contributed by atoms with E-state index in [4.69, 9.17) is 0 Å². The molecular formula is C21H26N4O2. The van der Waals surface area contributed by atoms with Crippen LogP contribution in [0.25, 0.3) is 0 Å². The summed E-state index contributed by atoms with van der Waals surface area (Å²) in [5, 5.41) is 13.7. The molecule has 3 rings (SSSR count). The molecule has 0 unspecified atom stereocenters. The lowest BCUT2D eigenvalue weighted by Gasteiger charge is -2.34. The topological polar surface area (TPSA) is 68.2 Å². The van der Waals surface area contributed by atoms with Gasteiger partial charge in [0.1, 0.15) is 5.75 Å². The molecular weight excluding hydrogens is 340 g/mol. The zero-order valence-electron chi connectivity index (χ0n) is 15.6. The van der Waals surface area contributed by atoms with Crippen LogP contribution in [0.1, 0.15) is 18.1 Å². The molecule has 27 heavy (non-hydrogen) atoms. The van der Waals surface area contributed by atoms with E-state index in [0.717, 1.165) is 38.3 Å². The van der Waals surface area contributed by atoms with Gasteiger partial charge < -0.3 is 5.11 Å². The van der Waals surface area contributed by atoms with Crippen molar-refractivity contribution in [1.29, 1.82) is 0 Å². The molecule has 6 nitrogen and oxygen atoms in total. The lowest BCUT2D eigenvalue weighted by atomic mass is 10.1. The average Bonchev–Trinajstić information content (AvgIpc) is 2.68. The minimum absolute atomic E-state index is 0.119. The van der Waals surface area contributed by atoms with E-state index in [1.807, 2.05) is 12.1 Å². The molecule has 1 saturated heterocycles. The number of rotatable bonds is 6. The first-order valence-corrected chi connectivity index (χ1v) is 9.21. The van der Waals surface area contributed by atoms with Gasteiger partial charge in [-0.1, -0.05) is 42.5 Å². The fraction of sp³-hybridized carbons (Fsp3) is 0.333. The molecule has 2 aromatic rings. The largest absolute Gasteiger partial charge is 0.508 e. The van der Waals surface area contributed by atoms with E-state index >= 15 is 0 Å². The standard InChI is InChI=1S/C21H26N4O2/c1-17(19-8-5-9-20(26)14-19)22-23-21(27)16-25-12-10-24(11-13-25)15-18-6-3-2-4-7-18/h2-9,14,26H,10-13,15-16H2,1H3,(H,23,27)/b22-17+. The van der Waals surface area contributed by atoms with Crippen molar-refractivity contribution in [3.8, 4) is 5.75 Å². The van der Waals surface area contributed by atoms with E-state index in [1.165, 1.54) is 5.56 Å². The van der Waals surface area contributed by atoms with Gasteiger partial charge in [0, 0.05) is 38.3 Å². The van der Waals surface area contributed by atoms with Crippen molar-refractivity contribution in [1.82, 2.24) is 15.2 Å². The molecule has 0 saturated carbocycles. The number of amides is 1. The molecule has 1 aliphatic rings. The Morgan fingerprint density at radius 2 is 1.74 bits per heavy atom. The number of piperazine rings is 1. The van der Waals surface area contributed by atoms with Gasteiger partial charge in [-0.15, -0.1) is 0 Å². The highest BCUT2D eigenvalue weighted by Gasteiger charge is 2.18. The van der Waals surface area contributed by atoms with Crippen molar-refractivity contribution in [2.24, 2.45) is 5.10 Å². The van der Waals surface area contributed by atoms with Crippen molar-refractivity contribution < 1.29 is 9.90 Å². The Bertz CT molecular complexity index is 784. The van der Waals surface area contributed by atoms with E-state index < -0.39 is 0 Å². The van der Waals surface area contributed by atoms with Crippen LogP contribution in [-0.4, -0.2) is 59.2 Å². The minimum atomic E-state index is -0.119. The summed E-state index contributed by atoms with van der Waals surface area (Å²) in [6.45, 7) is 6.74. The fourth-order valence-corrected chi connectivity index (χ4v) is 3.13. The maximum atomic E-state index is 12.2. The summed E-state index contributed by atoms with van der Waals surface area (Å²) >= 11 is 0. The number of nitrogens with one attached hydrogen (secondary N) is 1. The van der Waals surface area contributed by atoms with Crippen molar-refractivity contribution >= 4 is 11.6 Å². The van der Waals surface area contributed by atoms with Gasteiger partial charge in [0.05, 0.1) is 12.3 Å². The summed E-state index contributed by atoms with van der Waals surface area (Å²) in [4.78, 5) is 16.7. The molecule has 1 aliphatic heterocycles. The quantitative estimate of drug-likeness (QED) is 0.607. The lowest BCUT2D eigenvalue weighted by molar-refractivity contribution is -0.122. The summed E-state index contributed by atoms with van der Waals surface area (Å²) in [5.74, 6) is 0.0627. The summed E-state index contributed by atoms with van der Waals surface area (Å²) < 4.78 is 0. The molecule has 2 aromatic carbocycles. The number of phenolic OH excluding ortho intramolecular Hbond substituents is 1. The normalized spacial score (nSPS) is 16.3. The van der Waals surface area contributed by atoms with E-state index in [9.17, 15) is 9.90 Å². The van der Waals surface area contributed by atoms with Gasteiger partial charge in [-0.3, -0.25) is 14.6 Å². The van der Waals surface area contributed by atoms with Crippen LogP contribution in [0.4, 0.5) is 0 Å². The van der Waals surface area contributed by atoms with Crippen LogP contribution in [0.15, 0.2) is 59.7 Å². The van der Waals surface area contributed by atoms with Gasteiger partial charge in [0.15, 0.2) is 0 Å². The molecule has 1 heterocycles. The Labute approximate surface area is 160 Å². The number of carbonyl (C=O) groups excluding carboxylic acids is 1. The first kappa shape index (κ1) is 19.1. The van der Waals surface area contributed by atoms with Crippen LogP contribution in [0, 0.1) is 0 Å². The predicted octanol–water partition coefficient (Wildman–Crippen LogP) is 2.05. The van der Waals surface area contributed by atoms with E-state index in [1.54, 1.807) is 25.1 Å². The molecule has 0 bridgehead atoms. The average molecular weight is 366 g/mol. The van der Waals surface area contributed by atoms with Gasteiger partial charge in [0.2, 0.25) is 0 Å². The first-order chi connectivity index (χ1) is 13.1. The SMILES string of the molecule is C/C(=N\NC(=O)CN1CCN(Cc2ccccc2)CC1)c1cccc(O)c1. The number of hydrogen-bond acceptors (Lipinski definition) is 5. The summed E-state index contributed by atoms with van der Waals surface area (Å²) in [6.07, 6.45) is 0. The summed E-state index contributed by atoms with van der Waals surface area (Å²) in [6, 6.07) is 17.3. The van der Waals surface area contributed by atoms with Crippen LogP contribution in [-0.2, 0) is 11.3 Å². The number of hydrazone groups is 1. The maximum Gasteiger partial charge on any atom is 0.254 e. The number of nitrogens with zero attached hydrogens (tertiary/aromatic N) is 3. The Morgan fingerprint density at radius 1 is 1.04 bits per heavy atom. The third kappa shape index (κ3) is 5.91. The Hall–Kier alpha value is -2.70. The summed E-state index contributed by atoms with van der Waals surface area (Å²) in [7, 11) is 0. The van der Waals surface area contributed by atoms with Gasteiger partial charge in [-0.2, -0.15) is 5.10 Å². The smallest absolute Gasteiger partial charge is 0.254 e. The highest BCUT2D eigenvalue weighted by atomic mass is 16.3. The minimum Gasteiger partial charge on any atom is -0.508 e. The van der Waals surface area contributed by atoms with Crippen LogP contribution >= 0.6 is 0 Å². The van der Waals surface area contributed by atoms with E-state index in [-0.39, 0.29) is 11.7 Å². The Kier molecular flexibility index (Phi) is 6.57. The Balaban J connectivity index is 1.42. The van der Waals surface area contributed by atoms with E-state index in [0.29, 0.717) is 12.3 Å². The lowest BCUT2D eigenvalue weighted by Crippen LogP contribution is -2.48. The second-order valence-electron chi connectivity index (χ2n) is 6.82. The van der Waals surface area contributed by atoms with Gasteiger partial charge in [-0.25, -0.2) is 5.43 Å². The Morgan fingerprint density at radius 3 is 2.44 bits per heavy atom. The second kappa shape index (κ2) is 9.30.